The van der Waals surface area contributed by atoms with Crippen LogP contribution < -0.4 is 24.8 Å². The Morgan fingerprint density at radius 1 is 1.00 bits per heavy atom. The first-order valence-electron chi connectivity index (χ1n) is 7.19. The van der Waals surface area contributed by atoms with Crippen molar-refractivity contribution < 1.29 is 14.2 Å². The minimum absolute atomic E-state index is 0.451. The van der Waals surface area contributed by atoms with Crippen LogP contribution in [-0.2, 0) is 0 Å². The van der Waals surface area contributed by atoms with Crippen LogP contribution in [0.1, 0.15) is 6.92 Å². The molecular formula is C17H20N2O3S. The molecule has 2 aromatic carbocycles. The smallest absolute Gasteiger partial charge is 0.175 e. The highest BCUT2D eigenvalue weighted by Gasteiger charge is 2.07. The maximum Gasteiger partial charge on any atom is 0.175 e. The van der Waals surface area contributed by atoms with Crippen LogP contribution >= 0.6 is 12.2 Å². The van der Waals surface area contributed by atoms with Gasteiger partial charge >= 0.3 is 0 Å². The van der Waals surface area contributed by atoms with E-state index in [-0.39, 0.29) is 0 Å². The van der Waals surface area contributed by atoms with Gasteiger partial charge in [0.15, 0.2) is 5.11 Å². The molecule has 2 aromatic rings. The minimum atomic E-state index is 0.451. The quantitative estimate of drug-likeness (QED) is 0.782. The molecule has 0 radical (unpaired) electrons. The second-order valence-corrected chi connectivity index (χ2v) is 5.02. The van der Waals surface area contributed by atoms with Crippen LogP contribution in [0.25, 0.3) is 0 Å². The summed E-state index contributed by atoms with van der Waals surface area (Å²) in [5, 5.41) is 6.70. The van der Waals surface area contributed by atoms with Crippen molar-refractivity contribution in [1.29, 1.82) is 0 Å². The highest BCUT2D eigenvalue weighted by Crippen LogP contribution is 2.27. The number of methoxy groups -OCH3 is 2. The monoisotopic (exact) mass is 332 g/mol. The van der Waals surface area contributed by atoms with Crippen molar-refractivity contribution in [3.8, 4) is 17.2 Å². The molecule has 0 unspecified atom stereocenters. The second-order valence-electron chi connectivity index (χ2n) is 4.61. The first-order chi connectivity index (χ1) is 11.2. The van der Waals surface area contributed by atoms with Gasteiger partial charge in [0.05, 0.1) is 26.5 Å². The van der Waals surface area contributed by atoms with Crippen LogP contribution in [-0.4, -0.2) is 25.9 Å². The minimum Gasteiger partial charge on any atom is -0.497 e. The van der Waals surface area contributed by atoms with E-state index >= 15 is 0 Å². The van der Waals surface area contributed by atoms with Gasteiger partial charge in [-0.2, -0.15) is 0 Å². The molecule has 0 amide bonds. The number of anilines is 2. The third-order valence-corrected chi connectivity index (χ3v) is 3.25. The average Bonchev–Trinajstić information content (AvgIpc) is 2.56. The Morgan fingerprint density at radius 3 is 2.26 bits per heavy atom. The third-order valence-electron chi connectivity index (χ3n) is 3.04. The summed E-state index contributed by atoms with van der Waals surface area (Å²) in [7, 11) is 3.21. The molecule has 0 spiro atoms. The highest BCUT2D eigenvalue weighted by molar-refractivity contribution is 7.80. The molecule has 122 valence electrons. The largest absolute Gasteiger partial charge is 0.497 e. The lowest BCUT2D eigenvalue weighted by atomic mass is 10.2. The van der Waals surface area contributed by atoms with Gasteiger partial charge in [0.2, 0.25) is 0 Å². The number of benzene rings is 2. The summed E-state index contributed by atoms with van der Waals surface area (Å²) in [5.74, 6) is 2.12. The Morgan fingerprint density at radius 2 is 1.65 bits per heavy atom. The standard InChI is InChI=1S/C17H20N2O3S/c1-4-22-16-8-6-5-7-15(16)19-17(23)18-12-9-13(20-2)11-14(10-12)21-3/h5-11H,4H2,1-3H3,(H2,18,19,23). The number of hydrogen-bond donors (Lipinski definition) is 2. The summed E-state index contributed by atoms with van der Waals surface area (Å²) >= 11 is 5.36. The lowest BCUT2D eigenvalue weighted by Gasteiger charge is -2.15. The molecule has 0 aliphatic carbocycles. The molecule has 23 heavy (non-hydrogen) atoms. The van der Waals surface area contributed by atoms with Gasteiger partial charge in [-0.1, -0.05) is 12.1 Å². The van der Waals surface area contributed by atoms with Gasteiger partial charge in [0, 0.05) is 23.9 Å². The van der Waals surface area contributed by atoms with E-state index in [1.165, 1.54) is 0 Å². The van der Waals surface area contributed by atoms with Crippen LogP contribution in [0.5, 0.6) is 17.2 Å². The summed E-state index contributed by atoms with van der Waals surface area (Å²) in [4.78, 5) is 0. The first-order valence-corrected chi connectivity index (χ1v) is 7.60. The number of ether oxygens (including phenoxy) is 3. The zero-order chi connectivity index (χ0) is 16.7. The Hall–Kier alpha value is -2.47. The van der Waals surface area contributed by atoms with Gasteiger partial charge in [-0.3, -0.25) is 0 Å². The molecule has 2 N–H and O–H groups in total. The van der Waals surface area contributed by atoms with Crippen molar-refractivity contribution in [3.05, 3.63) is 42.5 Å². The van der Waals surface area contributed by atoms with Crippen LogP contribution in [0, 0.1) is 0 Å². The van der Waals surface area contributed by atoms with E-state index < -0.39 is 0 Å². The topological polar surface area (TPSA) is 51.8 Å². The zero-order valence-corrected chi connectivity index (χ0v) is 14.2. The molecule has 0 bridgehead atoms. The van der Waals surface area contributed by atoms with Crippen LogP contribution in [0.3, 0.4) is 0 Å². The lowest BCUT2D eigenvalue weighted by Crippen LogP contribution is -2.19. The molecule has 2 rings (SSSR count). The fraction of sp³-hybridized carbons (Fsp3) is 0.235. The van der Waals surface area contributed by atoms with Gasteiger partial charge in [0.1, 0.15) is 17.2 Å². The van der Waals surface area contributed by atoms with Crippen LogP contribution in [0.2, 0.25) is 0 Å². The maximum atomic E-state index is 5.57. The molecule has 0 saturated heterocycles. The summed E-state index contributed by atoms with van der Waals surface area (Å²) in [6.45, 7) is 2.53. The molecule has 5 nitrogen and oxygen atoms in total. The Kier molecular flexibility index (Phi) is 6.05. The molecular weight excluding hydrogens is 312 g/mol. The maximum absolute atomic E-state index is 5.57. The molecule has 0 saturated carbocycles. The van der Waals surface area contributed by atoms with Gasteiger partial charge in [-0.05, 0) is 31.3 Å². The molecule has 0 heterocycles. The molecule has 0 fully saturated rings. The molecule has 0 aliphatic heterocycles. The van der Waals surface area contributed by atoms with E-state index in [1.807, 2.05) is 43.3 Å². The third kappa shape index (κ3) is 4.75. The number of thiocarbonyl (C=S) groups is 1. The summed E-state index contributed by atoms with van der Waals surface area (Å²) in [6, 6.07) is 13.1. The van der Waals surface area contributed by atoms with Crippen molar-refractivity contribution >= 4 is 28.7 Å². The van der Waals surface area contributed by atoms with Crippen LogP contribution in [0.4, 0.5) is 11.4 Å². The predicted molar refractivity (Wildman–Crippen MR) is 97.0 cm³/mol. The highest BCUT2D eigenvalue weighted by atomic mass is 32.1. The van der Waals surface area contributed by atoms with E-state index in [2.05, 4.69) is 10.6 Å². The molecule has 0 aromatic heterocycles. The number of hydrogen-bond acceptors (Lipinski definition) is 4. The van der Waals surface area contributed by atoms with E-state index in [9.17, 15) is 0 Å². The van der Waals surface area contributed by atoms with Gasteiger partial charge < -0.3 is 24.8 Å². The van der Waals surface area contributed by atoms with Gasteiger partial charge in [0.25, 0.3) is 0 Å². The second kappa shape index (κ2) is 8.24. The van der Waals surface area contributed by atoms with Crippen molar-refractivity contribution in [2.75, 3.05) is 31.5 Å². The van der Waals surface area contributed by atoms with Crippen molar-refractivity contribution in [1.82, 2.24) is 0 Å². The predicted octanol–water partition coefficient (Wildman–Crippen LogP) is 3.91. The number of nitrogens with one attached hydrogen (secondary N) is 2. The van der Waals surface area contributed by atoms with Gasteiger partial charge in [-0.25, -0.2) is 0 Å². The summed E-state index contributed by atoms with van der Waals surface area (Å²) in [5.41, 5.74) is 1.58. The van der Waals surface area contributed by atoms with Crippen molar-refractivity contribution in [3.63, 3.8) is 0 Å². The van der Waals surface area contributed by atoms with E-state index in [1.54, 1.807) is 20.3 Å². The summed E-state index contributed by atoms with van der Waals surface area (Å²) < 4.78 is 16.1. The fourth-order valence-electron chi connectivity index (χ4n) is 2.02. The number of rotatable bonds is 6. The van der Waals surface area contributed by atoms with Crippen LogP contribution in [0.15, 0.2) is 42.5 Å². The first kappa shape index (κ1) is 16.9. The van der Waals surface area contributed by atoms with Gasteiger partial charge in [-0.15, -0.1) is 0 Å². The number of para-hydroxylation sites is 2. The van der Waals surface area contributed by atoms with Crippen molar-refractivity contribution in [2.24, 2.45) is 0 Å². The van der Waals surface area contributed by atoms with E-state index in [0.29, 0.717) is 23.2 Å². The fourth-order valence-corrected chi connectivity index (χ4v) is 2.24. The Balaban J connectivity index is 2.11. The Labute approximate surface area is 141 Å². The van der Waals surface area contributed by atoms with E-state index in [4.69, 9.17) is 26.4 Å². The normalized spacial score (nSPS) is 9.87. The zero-order valence-electron chi connectivity index (χ0n) is 13.4. The SMILES string of the molecule is CCOc1ccccc1NC(=S)Nc1cc(OC)cc(OC)c1. The molecule has 0 aliphatic rings. The van der Waals surface area contributed by atoms with Crippen molar-refractivity contribution in [2.45, 2.75) is 6.92 Å². The summed E-state index contributed by atoms with van der Waals surface area (Å²) in [6.07, 6.45) is 0. The lowest BCUT2D eigenvalue weighted by molar-refractivity contribution is 0.342. The molecule has 6 heteroatoms. The average molecular weight is 332 g/mol. The Bertz CT molecular complexity index is 654. The van der Waals surface area contributed by atoms with E-state index in [0.717, 1.165) is 17.1 Å². The molecule has 0 atom stereocenters.